The van der Waals surface area contributed by atoms with E-state index in [9.17, 15) is 8.78 Å². The molecule has 1 fully saturated rings. The Morgan fingerprint density at radius 2 is 1.78 bits per heavy atom. The van der Waals surface area contributed by atoms with Crippen molar-refractivity contribution in [2.75, 3.05) is 0 Å². The summed E-state index contributed by atoms with van der Waals surface area (Å²) in [5.74, 6) is -0.917. The molecule has 1 aliphatic rings. The van der Waals surface area contributed by atoms with Crippen LogP contribution in [-0.4, -0.2) is 10.9 Å². The van der Waals surface area contributed by atoms with Gasteiger partial charge < -0.3 is 4.74 Å². The lowest BCUT2D eigenvalue weighted by atomic mass is 9.62. The Kier molecular flexibility index (Phi) is 3.95. The van der Waals surface area contributed by atoms with Crippen molar-refractivity contribution in [2.45, 2.75) is 44.0 Å². The highest BCUT2D eigenvalue weighted by atomic mass is 79.9. The second kappa shape index (κ2) is 5.16. The van der Waals surface area contributed by atoms with Crippen LogP contribution in [0.4, 0.5) is 8.78 Å². The Morgan fingerprint density at radius 3 is 2.22 bits per heavy atom. The van der Waals surface area contributed by atoms with E-state index in [0.717, 1.165) is 25.3 Å². The standard InChI is InChI=1S/C14H17BrF2O/c1-3-14(4-2)12(15)8-13(14)18-11-6-9(16)5-10(17)7-11/h5-7,12-13H,3-4,8H2,1-2H3. The van der Waals surface area contributed by atoms with E-state index >= 15 is 0 Å². The van der Waals surface area contributed by atoms with E-state index in [1.807, 2.05) is 0 Å². The van der Waals surface area contributed by atoms with Gasteiger partial charge in [-0.25, -0.2) is 8.78 Å². The Morgan fingerprint density at radius 1 is 1.22 bits per heavy atom. The molecule has 2 rings (SSSR count). The highest BCUT2D eigenvalue weighted by molar-refractivity contribution is 9.09. The van der Waals surface area contributed by atoms with E-state index in [4.69, 9.17) is 4.74 Å². The zero-order chi connectivity index (χ0) is 13.3. The van der Waals surface area contributed by atoms with Gasteiger partial charge in [0.2, 0.25) is 0 Å². The van der Waals surface area contributed by atoms with Gasteiger partial charge in [-0.3, -0.25) is 0 Å². The summed E-state index contributed by atoms with van der Waals surface area (Å²) in [6, 6.07) is 3.33. The molecule has 0 saturated heterocycles. The number of alkyl halides is 1. The summed E-state index contributed by atoms with van der Waals surface area (Å²) < 4.78 is 32.0. The van der Waals surface area contributed by atoms with Crippen molar-refractivity contribution in [2.24, 2.45) is 5.41 Å². The Bertz CT molecular complexity index is 412. The van der Waals surface area contributed by atoms with E-state index < -0.39 is 11.6 Å². The molecule has 4 heteroatoms. The lowest BCUT2D eigenvalue weighted by Crippen LogP contribution is -2.56. The molecule has 100 valence electrons. The first-order valence-corrected chi connectivity index (χ1v) is 7.20. The minimum Gasteiger partial charge on any atom is -0.490 e. The van der Waals surface area contributed by atoms with E-state index in [-0.39, 0.29) is 17.3 Å². The van der Waals surface area contributed by atoms with E-state index in [1.165, 1.54) is 12.1 Å². The summed E-state index contributed by atoms with van der Waals surface area (Å²) in [6.07, 6.45) is 2.88. The average molecular weight is 319 g/mol. The molecule has 1 nitrogen and oxygen atoms in total. The maximum absolute atomic E-state index is 13.1. The van der Waals surface area contributed by atoms with Gasteiger partial charge in [-0.15, -0.1) is 0 Å². The molecular formula is C14H17BrF2O. The number of hydrogen-bond acceptors (Lipinski definition) is 1. The highest BCUT2D eigenvalue weighted by Gasteiger charge is 2.53. The quantitative estimate of drug-likeness (QED) is 0.732. The van der Waals surface area contributed by atoms with E-state index in [2.05, 4.69) is 29.8 Å². The highest BCUT2D eigenvalue weighted by Crippen LogP contribution is 2.52. The van der Waals surface area contributed by atoms with Crippen LogP contribution >= 0.6 is 15.9 Å². The normalized spacial score (nSPS) is 25.6. The van der Waals surface area contributed by atoms with Crippen LogP contribution in [0, 0.1) is 17.0 Å². The number of rotatable bonds is 4. The van der Waals surface area contributed by atoms with Gasteiger partial charge in [-0.05, 0) is 19.3 Å². The fourth-order valence-corrected chi connectivity index (χ4v) is 4.06. The summed E-state index contributed by atoms with van der Waals surface area (Å²) in [7, 11) is 0. The van der Waals surface area contributed by atoms with Crippen LogP contribution in [-0.2, 0) is 0 Å². The lowest BCUT2D eigenvalue weighted by molar-refractivity contribution is -0.0413. The molecule has 0 spiro atoms. The van der Waals surface area contributed by atoms with E-state index in [0.29, 0.717) is 4.83 Å². The van der Waals surface area contributed by atoms with Crippen LogP contribution in [0.5, 0.6) is 5.75 Å². The molecule has 0 amide bonds. The van der Waals surface area contributed by atoms with E-state index in [1.54, 1.807) is 0 Å². The fraction of sp³-hybridized carbons (Fsp3) is 0.571. The zero-order valence-electron chi connectivity index (χ0n) is 10.6. The van der Waals surface area contributed by atoms with Gasteiger partial charge in [0.05, 0.1) is 0 Å². The molecule has 1 aromatic carbocycles. The van der Waals surface area contributed by atoms with Crippen molar-refractivity contribution >= 4 is 15.9 Å². The van der Waals surface area contributed by atoms with Crippen molar-refractivity contribution in [3.8, 4) is 5.75 Å². The van der Waals surface area contributed by atoms with Crippen molar-refractivity contribution in [1.29, 1.82) is 0 Å². The summed E-state index contributed by atoms with van der Waals surface area (Å²) >= 11 is 3.66. The van der Waals surface area contributed by atoms with Gasteiger partial charge in [0, 0.05) is 28.4 Å². The predicted molar refractivity (Wildman–Crippen MR) is 71.1 cm³/mol. The van der Waals surface area contributed by atoms with Gasteiger partial charge in [-0.2, -0.15) is 0 Å². The molecule has 18 heavy (non-hydrogen) atoms. The number of benzene rings is 1. The molecule has 0 heterocycles. The number of hydrogen-bond donors (Lipinski definition) is 0. The molecule has 0 N–H and O–H groups in total. The molecule has 1 aromatic rings. The fourth-order valence-electron chi connectivity index (χ4n) is 2.77. The van der Waals surface area contributed by atoms with Crippen LogP contribution in [0.1, 0.15) is 33.1 Å². The molecule has 2 unspecified atom stereocenters. The molecular weight excluding hydrogens is 302 g/mol. The summed E-state index contributed by atoms with van der Waals surface area (Å²) in [4.78, 5) is 0.420. The second-order valence-corrected chi connectivity index (χ2v) is 5.96. The van der Waals surface area contributed by atoms with Crippen molar-refractivity contribution < 1.29 is 13.5 Å². The largest absolute Gasteiger partial charge is 0.490 e. The van der Waals surface area contributed by atoms with Crippen LogP contribution in [0.3, 0.4) is 0 Å². The van der Waals surface area contributed by atoms with Crippen LogP contribution < -0.4 is 4.74 Å². The first kappa shape index (κ1) is 13.8. The molecule has 2 atom stereocenters. The Labute approximate surface area is 115 Å². The summed E-state index contributed by atoms with van der Waals surface area (Å²) in [5, 5.41) is 0. The molecule has 0 radical (unpaired) electrons. The van der Waals surface area contributed by atoms with Gasteiger partial charge >= 0.3 is 0 Å². The Hall–Kier alpha value is -0.640. The Balaban J connectivity index is 2.15. The maximum Gasteiger partial charge on any atom is 0.129 e. The molecule has 1 saturated carbocycles. The van der Waals surface area contributed by atoms with Crippen molar-refractivity contribution in [3.63, 3.8) is 0 Å². The van der Waals surface area contributed by atoms with Crippen LogP contribution in [0.25, 0.3) is 0 Å². The van der Waals surface area contributed by atoms with Gasteiger partial charge in [-0.1, -0.05) is 29.8 Å². The molecule has 1 aliphatic carbocycles. The van der Waals surface area contributed by atoms with Crippen molar-refractivity contribution in [3.05, 3.63) is 29.8 Å². The van der Waals surface area contributed by atoms with Crippen LogP contribution in [0.2, 0.25) is 0 Å². The topological polar surface area (TPSA) is 9.23 Å². The van der Waals surface area contributed by atoms with Crippen molar-refractivity contribution in [1.82, 2.24) is 0 Å². The summed E-state index contributed by atoms with van der Waals surface area (Å²) in [6.45, 7) is 4.25. The molecule has 0 bridgehead atoms. The zero-order valence-corrected chi connectivity index (χ0v) is 12.1. The van der Waals surface area contributed by atoms with Gasteiger partial charge in [0.15, 0.2) is 0 Å². The third-order valence-electron chi connectivity index (χ3n) is 4.12. The third kappa shape index (κ3) is 2.27. The molecule has 0 aromatic heterocycles. The predicted octanol–water partition coefficient (Wildman–Crippen LogP) is 4.69. The first-order valence-electron chi connectivity index (χ1n) is 6.28. The van der Waals surface area contributed by atoms with Crippen LogP contribution in [0.15, 0.2) is 18.2 Å². The SMILES string of the molecule is CCC1(CC)C(Br)CC1Oc1cc(F)cc(F)c1. The average Bonchev–Trinajstić information content (AvgIpc) is 2.29. The van der Waals surface area contributed by atoms with Gasteiger partial charge in [0.1, 0.15) is 23.5 Å². The lowest BCUT2D eigenvalue weighted by Gasteiger charge is -2.52. The number of ether oxygens (including phenoxy) is 1. The monoisotopic (exact) mass is 318 g/mol. The minimum atomic E-state index is -0.599. The van der Waals surface area contributed by atoms with Gasteiger partial charge in [0.25, 0.3) is 0 Å². The first-order chi connectivity index (χ1) is 8.51. The third-order valence-corrected chi connectivity index (χ3v) is 5.40. The maximum atomic E-state index is 13.1. The smallest absolute Gasteiger partial charge is 0.129 e. The second-order valence-electron chi connectivity index (χ2n) is 4.86. The minimum absolute atomic E-state index is 0.0260. The number of halogens is 3. The molecule has 0 aliphatic heterocycles. The summed E-state index contributed by atoms with van der Waals surface area (Å²) in [5.41, 5.74) is 0.0722.